The lowest BCUT2D eigenvalue weighted by Crippen LogP contribution is -2.32. The molecule has 1 N–H and O–H groups in total. The number of amides is 1. The largest absolute Gasteiger partial charge is 0.390 e. The number of oxime groups is 1. The topological polar surface area (TPSA) is 90.6 Å². The van der Waals surface area contributed by atoms with Crippen LogP contribution in [0.5, 0.6) is 0 Å². The van der Waals surface area contributed by atoms with Gasteiger partial charge in [-0.05, 0) is 25.3 Å². The van der Waals surface area contributed by atoms with E-state index in [1.165, 1.54) is 0 Å². The second-order valence-corrected chi connectivity index (χ2v) is 6.71. The van der Waals surface area contributed by atoms with Crippen LogP contribution < -0.4 is 5.32 Å². The van der Waals surface area contributed by atoms with Gasteiger partial charge >= 0.3 is 0 Å². The Hall–Kier alpha value is -2.48. The van der Waals surface area contributed by atoms with Crippen molar-refractivity contribution in [1.29, 1.82) is 0 Å². The smallest absolute Gasteiger partial charge is 0.253 e. The van der Waals surface area contributed by atoms with E-state index in [2.05, 4.69) is 25.0 Å². The maximum absolute atomic E-state index is 12.4. The minimum absolute atomic E-state index is 0.0849. The van der Waals surface area contributed by atoms with E-state index < -0.39 is 0 Å². The average molecular weight is 357 g/mol. The van der Waals surface area contributed by atoms with Gasteiger partial charge in [-0.25, -0.2) is 9.97 Å². The van der Waals surface area contributed by atoms with E-state index in [0.717, 1.165) is 55.8 Å². The minimum atomic E-state index is -0.173. The number of hydrogen-bond donors (Lipinski definition) is 1. The molecule has 1 amide bonds. The zero-order valence-corrected chi connectivity index (χ0v) is 14.9. The molecule has 0 aromatic carbocycles. The van der Waals surface area contributed by atoms with Gasteiger partial charge in [-0.1, -0.05) is 12.1 Å². The predicted octanol–water partition coefficient (Wildman–Crippen LogP) is 2.07. The molecule has 2 aliphatic rings. The molecule has 138 valence electrons. The number of hydrogen-bond acceptors (Lipinski definition) is 6. The molecule has 26 heavy (non-hydrogen) atoms. The van der Waals surface area contributed by atoms with E-state index in [0.29, 0.717) is 18.2 Å². The Morgan fingerprint density at radius 2 is 2.19 bits per heavy atom. The van der Waals surface area contributed by atoms with Crippen molar-refractivity contribution in [2.24, 2.45) is 5.16 Å². The molecule has 2 aromatic heterocycles. The number of ether oxygens (including phenoxy) is 1. The summed E-state index contributed by atoms with van der Waals surface area (Å²) in [7, 11) is 0. The summed E-state index contributed by atoms with van der Waals surface area (Å²) >= 11 is 0. The molecular weight excluding hydrogens is 334 g/mol. The summed E-state index contributed by atoms with van der Waals surface area (Å²) in [6.07, 6.45) is 6.89. The van der Waals surface area contributed by atoms with Crippen molar-refractivity contribution >= 4 is 22.8 Å². The van der Waals surface area contributed by atoms with Crippen LogP contribution in [0, 0.1) is 0 Å². The number of imidazole rings is 1. The number of nitrogens with one attached hydrogen (secondary N) is 1. The van der Waals surface area contributed by atoms with Crippen LogP contribution in [0.25, 0.3) is 11.2 Å². The first-order chi connectivity index (χ1) is 12.7. The van der Waals surface area contributed by atoms with Crippen molar-refractivity contribution in [2.45, 2.75) is 44.8 Å². The lowest BCUT2D eigenvalue weighted by molar-refractivity contribution is 0.0704. The third-order valence-corrected chi connectivity index (χ3v) is 4.95. The fraction of sp³-hybridized carbons (Fsp3) is 0.556. The molecule has 0 saturated carbocycles. The van der Waals surface area contributed by atoms with Gasteiger partial charge in [0.15, 0.2) is 5.65 Å². The number of carbonyl (C=O) groups is 1. The first kappa shape index (κ1) is 17.0. The number of fused-ring (bicyclic) bond motifs is 1. The highest BCUT2D eigenvalue weighted by Gasteiger charge is 2.22. The Balaban J connectivity index is 1.41. The molecule has 8 nitrogen and oxygen atoms in total. The molecule has 2 aliphatic heterocycles. The zero-order valence-electron chi connectivity index (χ0n) is 14.9. The maximum atomic E-state index is 12.4. The highest BCUT2D eigenvalue weighted by molar-refractivity contribution is 5.96. The summed E-state index contributed by atoms with van der Waals surface area (Å²) in [5, 5.41) is 6.90. The molecule has 4 rings (SSSR count). The Morgan fingerprint density at radius 3 is 2.96 bits per heavy atom. The highest BCUT2D eigenvalue weighted by Crippen LogP contribution is 2.24. The summed E-state index contributed by atoms with van der Waals surface area (Å²) in [6.45, 7) is 4.00. The Morgan fingerprint density at radius 1 is 1.35 bits per heavy atom. The normalized spacial score (nSPS) is 20.8. The van der Waals surface area contributed by atoms with Gasteiger partial charge in [0.25, 0.3) is 5.91 Å². The molecule has 0 aliphatic carbocycles. The molecule has 2 aromatic rings. The Bertz CT molecular complexity index is 825. The third-order valence-electron chi connectivity index (χ3n) is 4.95. The lowest BCUT2D eigenvalue weighted by Gasteiger charge is -2.23. The van der Waals surface area contributed by atoms with Crippen LogP contribution in [-0.2, 0) is 9.57 Å². The van der Waals surface area contributed by atoms with Gasteiger partial charge in [-0.15, -0.1) is 0 Å². The van der Waals surface area contributed by atoms with E-state index in [1.807, 2.05) is 13.3 Å². The number of aromatic nitrogens is 3. The Kier molecular flexibility index (Phi) is 4.83. The van der Waals surface area contributed by atoms with E-state index >= 15 is 0 Å². The molecule has 4 heterocycles. The minimum Gasteiger partial charge on any atom is -0.390 e. The molecule has 1 unspecified atom stereocenters. The summed E-state index contributed by atoms with van der Waals surface area (Å²) < 4.78 is 7.51. The number of carbonyl (C=O) groups excluding carboxylic acids is 1. The van der Waals surface area contributed by atoms with Crippen molar-refractivity contribution in [1.82, 2.24) is 19.9 Å². The molecule has 1 atom stereocenters. The molecule has 1 fully saturated rings. The Labute approximate surface area is 151 Å². The van der Waals surface area contributed by atoms with Crippen LogP contribution in [0.3, 0.4) is 0 Å². The van der Waals surface area contributed by atoms with Crippen LogP contribution in [0.15, 0.2) is 23.7 Å². The van der Waals surface area contributed by atoms with Crippen LogP contribution in [0.2, 0.25) is 0 Å². The highest BCUT2D eigenvalue weighted by atomic mass is 16.6. The maximum Gasteiger partial charge on any atom is 0.253 e. The second-order valence-electron chi connectivity index (χ2n) is 6.71. The number of pyridine rings is 1. The van der Waals surface area contributed by atoms with Gasteiger partial charge < -0.3 is 19.5 Å². The third kappa shape index (κ3) is 3.41. The molecule has 0 radical (unpaired) electrons. The van der Waals surface area contributed by atoms with E-state index in [-0.39, 0.29) is 12.0 Å². The van der Waals surface area contributed by atoms with Gasteiger partial charge in [0.2, 0.25) is 0 Å². The molecule has 1 saturated heterocycles. The van der Waals surface area contributed by atoms with Gasteiger partial charge in [0, 0.05) is 31.9 Å². The second kappa shape index (κ2) is 7.41. The summed E-state index contributed by atoms with van der Waals surface area (Å²) in [5.74, 6) is -0.173. The molecule has 8 heteroatoms. The van der Waals surface area contributed by atoms with Crippen molar-refractivity contribution in [3.05, 3.63) is 24.2 Å². The van der Waals surface area contributed by atoms with E-state index in [1.54, 1.807) is 12.3 Å². The average Bonchev–Trinajstić information content (AvgIpc) is 3.33. The SMILES string of the molecule is CCC1=NOC(CNC(=O)c2cnc3c(c2)ncn3C2CCOCC2)C1. The fourth-order valence-electron chi connectivity index (χ4n) is 3.39. The standard InChI is InChI=1S/C18H23N5O3/c1-2-13-8-15(26-22-13)10-20-18(24)12-7-16-17(19-9-12)23(11-21-16)14-3-5-25-6-4-14/h7,9,11,14-15H,2-6,8,10H2,1H3,(H,20,24). The van der Waals surface area contributed by atoms with Crippen LogP contribution in [0.1, 0.15) is 49.0 Å². The van der Waals surface area contributed by atoms with E-state index in [9.17, 15) is 4.79 Å². The fourth-order valence-corrected chi connectivity index (χ4v) is 3.39. The summed E-state index contributed by atoms with van der Waals surface area (Å²) in [5.41, 5.74) is 3.08. The number of rotatable bonds is 5. The monoisotopic (exact) mass is 357 g/mol. The van der Waals surface area contributed by atoms with Crippen LogP contribution in [0.4, 0.5) is 0 Å². The van der Waals surface area contributed by atoms with Crippen LogP contribution in [-0.4, -0.2) is 52.0 Å². The first-order valence-electron chi connectivity index (χ1n) is 9.14. The van der Waals surface area contributed by atoms with Crippen molar-refractivity contribution in [3.63, 3.8) is 0 Å². The van der Waals surface area contributed by atoms with Gasteiger partial charge in [-0.3, -0.25) is 4.79 Å². The van der Waals surface area contributed by atoms with E-state index in [4.69, 9.17) is 9.57 Å². The molecular formula is C18H23N5O3. The van der Waals surface area contributed by atoms with Gasteiger partial charge in [0.05, 0.1) is 24.1 Å². The van der Waals surface area contributed by atoms with Crippen LogP contribution >= 0.6 is 0 Å². The van der Waals surface area contributed by atoms with Crippen molar-refractivity contribution in [3.8, 4) is 0 Å². The zero-order chi connectivity index (χ0) is 17.9. The lowest BCUT2D eigenvalue weighted by atomic mass is 10.1. The summed E-state index contributed by atoms with van der Waals surface area (Å²) in [6, 6.07) is 2.14. The van der Waals surface area contributed by atoms with Crippen molar-refractivity contribution < 1.29 is 14.4 Å². The van der Waals surface area contributed by atoms with Crippen molar-refractivity contribution in [2.75, 3.05) is 19.8 Å². The number of nitrogens with zero attached hydrogens (tertiary/aromatic N) is 4. The quantitative estimate of drug-likeness (QED) is 0.885. The van der Waals surface area contributed by atoms with Gasteiger partial charge in [0.1, 0.15) is 11.6 Å². The van der Waals surface area contributed by atoms with Gasteiger partial charge in [-0.2, -0.15) is 0 Å². The first-order valence-corrected chi connectivity index (χ1v) is 9.14. The summed E-state index contributed by atoms with van der Waals surface area (Å²) in [4.78, 5) is 26.6. The predicted molar refractivity (Wildman–Crippen MR) is 96.2 cm³/mol. The molecule has 0 bridgehead atoms. The molecule has 0 spiro atoms.